The van der Waals surface area contributed by atoms with Crippen molar-refractivity contribution < 1.29 is 9.59 Å². The van der Waals surface area contributed by atoms with Gasteiger partial charge in [-0.25, -0.2) is 0 Å². The molecule has 0 spiro atoms. The number of anilines is 2. The third-order valence-corrected chi connectivity index (χ3v) is 8.77. The second-order valence-electron chi connectivity index (χ2n) is 12.3. The van der Waals surface area contributed by atoms with Crippen molar-refractivity contribution >= 4 is 22.9 Å². The third kappa shape index (κ3) is 10.9. The second kappa shape index (κ2) is 20.3. The van der Waals surface area contributed by atoms with Crippen molar-refractivity contribution in [2.45, 2.75) is 142 Å². The molecule has 0 atom stereocenters. The molecule has 42 heavy (non-hydrogen) atoms. The summed E-state index contributed by atoms with van der Waals surface area (Å²) in [7, 11) is 0. The standard InChI is InChI=1S/C38H58N2O2/c1-3-5-7-9-11-13-15-17-19-23-29-39-33-27-28-34(40-30-24-20-18-16-14-12-10-8-6-4-2)36-35(33)37(41)31-25-21-22-26-32(31)38(36)42/h21-22,25-28,39-40H,3-20,23-24,29-30H2,1-2H3. The molecule has 4 heteroatoms. The van der Waals surface area contributed by atoms with Crippen molar-refractivity contribution in [3.8, 4) is 0 Å². The lowest BCUT2D eigenvalue weighted by Gasteiger charge is -2.24. The van der Waals surface area contributed by atoms with Gasteiger partial charge >= 0.3 is 0 Å². The molecule has 0 bridgehead atoms. The van der Waals surface area contributed by atoms with Gasteiger partial charge in [-0.15, -0.1) is 0 Å². The first-order valence-corrected chi connectivity index (χ1v) is 17.5. The van der Waals surface area contributed by atoms with E-state index in [1.54, 1.807) is 12.1 Å². The summed E-state index contributed by atoms with van der Waals surface area (Å²) in [6.45, 7) is 6.17. The number of carbonyl (C=O) groups excluding carboxylic acids is 2. The number of hydrogen-bond acceptors (Lipinski definition) is 4. The van der Waals surface area contributed by atoms with Gasteiger partial charge in [0.2, 0.25) is 0 Å². The number of ketones is 2. The van der Waals surface area contributed by atoms with E-state index in [4.69, 9.17) is 0 Å². The van der Waals surface area contributed by atoms with Gasteiger partial charge in [0.05, 0.1) is 11.1 Å². The fourth-order valence-electron chi connectivity index (χ4n) is 6.19. The molecule has 0 aromatic heterocycles. The van der Waals surface area contributed by atoms with Crippen molar-refractivity contribution in [2.75, 3.05) is 23.7 Å². The molecule has 2 aromatic carbocycles. The zero-order valence-electron chi connectivity index (χ0n) is 26.8. The first kappa shape index (κ1) is 33.9. The number of fused-ring (bicyclic) bond motifs is 2. The van der Waals surface area contributed by atoms with E-state index in [9.17, 15) is 9.59 Å². The highest BCUT2D eigenvalue weighted by atomic mass is 16.1. The minimum atomic E-state index is -0.0478. The maximum Gasteiger partial charge on any atom is 0.196 e. The smallest absolute Gasteiger partial charge is 0.196 e. The van der Waals surface area contributed by atoms with E-state index in [2.05, 4.69) is 24.5 Å². The van der Waals surface area contributed by atoms with Gasteiger partial charge in [0, 0.05) is 35.6 Å². The van der Waals surface area contributed by atoms with Gasteiger partial charge in [-0.2, -0.15) is 0 Å². The number of benzene rings is 2. The Morgan fingerprint density at radius 3 is 1.07 bits per heavy atom. The summed E-state index contributed by atoms with van der Waals surface area (Å²) in [6.07, 6.45) is 25.9. The van der Waals surface area contributed by atoms with Crippen LogP contribution in [0.15, 0.2) is 36.4 Å². The van der Waals surface area contributed by atoms with Gasteiger partial charge in [0.15, 0.2) is 11.6 Å². The molecule has 0 unspecified atom stereocenters. The fraction of sp³-hybridized carbons (Fsp3) is 0.632. The van der Waals surface area contributed by atoms with E-state index in [1.165, 1.54) is 116 Å². The van der Waals surface area contributed by atoms with E-state index in [1.807, 2.05) is 24.3 Å². The van der Waals surface area contributed by atoms with Crippen LogP contribution in [0.1, 0.15) is 174 Å². The Morgan fingerprint density at radius 2 is 0.738 bits per heavy atom. The van der Waals surface area contributed by atoms with Gasteiger partial charge in [-0.05, 0) is 25.0 Å². The quantitative estimate of drug-likeness (QED) is 0.104. The lowest BCUT2D eigenvalue weighted by atomic mass is 9.82. The molecule has 3 rings (SSSR count). The first-order valence-electron chi connectivity index (χ1n) is 17.5. The maximum atomic E-state index is 13.7. The predicted molar refractivity (Wildman–Crippen MR) is 180 cm³/mol. The van der Waals surface area contributed by atoms with Gasteiger partial charge in [0.25, 0.3) is 0 Å². The Morgan fingerprint density at radius 1 is 0.429 bits per heavy atom. The lowest BCUT2D eigenvalue weighted by Crippen LogP contribution is -2.24. The van der Waals surface area contributed by atoms with Gasteiger partial charge in [-0.3, -0.25) is 9.59 Å². The molecule has 0 fully saturated rings. The number of hydrogen-bond donors (Lipinski definition) is 2. The molecule has 1 aliphatic carbocycles. The van der Waals surface area contributed by atoms with Crippen LogP contribution in [-0.4, -0.2) is 24.7 Å². The summed E-state index contributed by atoms with van der Waals surface area (Å²) in [5.74, 6) is -0.0956. The first-order chi connectivity index (χ1) is 20.7. The molecule has 1 aliphatic rings. The molecule has 0 aliphatic heterocycles. The van der Waals surface area contributed by atoms with E-state index in [-0.39, 0.29) is 11.6 Å². The zero-order valence-corrected chi connectivity index (χ0v) is 26.8. The molecular weight excluding hydrogens is 516 g/mol. The molecule has 0 heterocycles. The van der Waals surface area contributed by atoms with Crippen LogP contribution < -0.4 is 10.6 Å². The van der Waals surface area contributed by atoms with E-state index in [0.717, 1.165) is 37.3 Å². The number of nitrogens with one attached hydrogen (secondary N) is 2. The van der Waals surface area contributed by atoms with Crippen LogP contribution in [0.5, 0.6) is 0 Å². The highest BCUT2D eigenvalue weighted by Crippen LogP contribution is 2.36. The summed E-state index contributed by atoms with van der Waals surface area (Å²) in [4.78, 5) is 27.3. The molecule has 0 amide bonds. The minimum absolute atomic E-state index is 0.0478. The largest absolute Gasteiger partial charge is 0.384 e. The summed E-state index contributed by atoms with van der Waals surface area (Å²) in [6, 6.07) is 11.3. The van der Waals surface area contributed by atoms with Gasteiger partial charge < -0.3 is 10.6 Å². The van der Waals surface area contributed by atoms with E-state index < -0.39 is 0 Å². The highest BCUT2D eigenvalue weighted by Gasteiger charge is 2.33. The topological polar surface area (TPSA) is 58.2 Å². The molecule has 0 saturated carbocycles. The van der Waals surface area contributed by atoms with Crippen molar-refractivity contribution in [3.05, 3.63) is 58.7 Å². The molecule has 2 aromatic rings. The molecule has 4 nitrogen and oxygen atoms in total. The Balaban J connectivity index is 1.50. The number of unbranched alkanes of at least 4 members (excludes halogenated alkanes) is 18. The summed E-state index contributed by atoms with van der Waals surface area (Å²) in [5.41, 5.74) is 3.70. The minimum Gasteiger partial charge on any atom is -0.384 e. The Labute approximate surface area is 256 Å². The van der Waals surface area contributed by atoms with Crippen molar-refractivity contribution in [2.24, 2.45) is 0 Å². The van der Waals surface area contributed by atoms with Crippen LogP contribution in [0.25, 0.3) is 0 Å². The van der Waals surface area contributed by atoms with Gasteiger partial charge in [-0.1, -0.05) is 154 Å². The highest BCUT2D eigenvalue weighted by molar-refractivity contribution is 6.31. The maximum absolute atomic E-state index is 13.7. The van der Waals surface area contributed by atoms with E-state index in [0.29, 0.717) is 22.3 Å². The summed E-state index contributed by atoms with van der Waals surface area (Å²) < 4.78 is 0. The average molecular weight is 575 g/mol. The Bertz CT molecular complexity index is 993. The molecular formula is C38H58N2O2. The average Bonchev–Trinajstić information content (AvgIpc) is 3.01. The van der Waals surface area contributed by atoms with E-state index >= 15 is 0 Å². The monoisotopic (exact) mass is 574 g/mol. The molecule has 232 valence electrons. The second-order valence-corrected chi connectivity index (χ2v) is 12.3. The summed E-state index contributed by atoms with van der Waals surface area (Å²) >= 11 is 0. The predicted octanol–water partition coefficient (Wildman–Crippen LogP) is 11.1. The lowest BCUT2D eigenvalue weighted by molar-refractivity contribution is 0.0980. The Hall–Kier alpha value is -2.62. The number of carbonyl (C=O) groups is 2. The Kier molecular flexibility index (Phi) is 16.4. The fourth-order valence-corrected chi connectivity index (χ4v) is 6.19. The molecule has 0 radical (unpaired) electrons. The van der Waals surface area contributed by atoms with Gasteiger partial charge in [0.1, 0.15) is 0 Å². The van der Waals surface area contributed by atoms with Crippen LogP contribution in [-0.2, 0) is 0 Å². The van der Waals surface area contributed by atoms with Crippen molar-refractivity contribution in [1.29, 1.82) is 0 Å². The summed E-state index contributed by atoms with van der Waals surface area (Å²) in [5, 5.41) is 7.04. The normalized spacial score (nSPS) is 12.3. The zero-order chi connectivity index (χ0) is 29.8. The van der Waals surface area contributed by atoms with Crippen molar-refractivity contribution in [1.82, 2.24) is 0 Å². The van der Waals surface area contributed by atoms with Crippen LogP contribution in [0.4, 0.5) is 11.4 Å². The van der Waals surface area contributed by atoms with Crippen LogP contribution in [0, 0.1) is 0 Å². The van der Waals surface area contributed by atoms with Crippen LogP contribution in [0.3, 0.4) is 0 Å². The SMILES string of the molecule is CCCCCCCCCCCCNc1ccc(NCCCCCCCCCCCC)c2c1C(=O)c1ccccc1C2=O. The van der Waals surface area contributed by atoms with Crippen molar-refractivity contribution in [3.63, 3.8) is 0 Å². The third-order valence-electron chi connectivity index (χ3n) is 8.77. The molecule has 0 saturated heterocycles. The van der Waals surface area contributed by atoms with Crippen LogP contribution in [0.2, 0.25) is 0 Å². The van der Waals surface area contributed by atoms with Crippen LogP contribution >= 0.6 is 0 Å². The number of rotatable bonds is 24. The molecule has 2 N–H and O–H groups in total.